The Labute approximate surface area is 61.4 Å². The second-order valence-electron chi connectivity index (χ2n) is 2.54. The lowest BCUT2D eigenvalue weighted by molar-refractivity contribution is 0.508. The Hall–Kier alpha value is -0.980. The number of rotatable bonds is 3. The van der Waals surface area contributed by atoms with Crippen LogP contribution in [0.4, 0.5) is 0 Å². The largest absolute Gasteiger partial charge is 0.469 e. The maximum Gasteiger partial charge on any atom is 0.104 e. The van der Waals surface area contributed by atoms with Crippen LogP contribution in [0.15, 0.2) is 35.0 Å². The number of hydrogen-bond acceptors (Lipinski definition) is 1. The molecule has 0 saturated heterocycles. The van der Waals surface area contributed by atoms with Gasteiger partial charge < -0.3 is 4.42 Å². The highest BCUT2D eigenvalue weighted by Crippen LogP contribution is 2.06. The van der Waals surface area contributed by atoms with E-state index in [2.05, 4.69) is 6.58 Å². The minimum absolute atomic E-state index is 0.975. The lowest BCUT2D eigenvalue weighted by Gasteiger charge is -1.94. The van der Waals surface area contributed by atoms with Crippen molar-refractivity contribution in [1.82, 2.24) is 0 Å². The molecule has 0 aliphatic rings. The zero-order valence-electron chi connectivity index (χ0n) is 6.26. The molecule has 0 radical (unpaired) electrons. The molecule has 0 N–H and O–H groups in total. The average molecular weight is 136 g/mol. The van der Waals surface area contributed by atoms with Crippen molar-refractivity contribution in [2.24, 2.45) is 0 Å². The molecule has 1 aromatic heterocycles. The Balaban J connectivity index is 2.35. The second kappa shape index (κ2) is 3.25. The van der Waals surface area contributed by atoms with Crippen molar-refractivity contribution in [2.45, 2.75) is 19.8 Å². The highest BCUT2D eigenvalue weighted by Gasteiger charge is 1.93. The molecule has 0 amide bonds. The Kier molecular flexibility index (Phi) is 2.32. The van der Waals surface area contributed by atoms with Crippen LogP contribution in [-0.4, -0.2) is 0 Å². The maximum absolute atomic E-state index is 5.14. The van der Waals surface area contributed by atoms with Crippen LogP contribution in [0.1, 0.15) is 19.1 Å². The molecule has 0 atom stereocenters. The van der Waals surface area contributed by atoms with Crippen LogP contribution in [0, 0.1) is 0 Å². The molecule has 0 spiro atoms. The molecule has 0 aromatic carbocycles. The average Bonchev–Trinajstić information content (AvgIpc) is 2.34. The Morgan fingerprint density at radius 2 is 2.50 bits per heavy atom. The molecule has 1 heterocycles. The van der Waals surface area contributed by atoms with Gasteiger partial charge in [-0.2, -0.15) is 0 Å². The fraction of sp³-hybridized carbons (Fsp3) is 0.333. The van der Waals surface area contributed by atoms with Crippen molar-refractivity contribution < 1.29 is 4.42 Å². The second-order valence-corrected chi connectivity index (χ2v) is 2.54. The van der Waals surface area contributed by atoms with E-state index in [1.165, 1.54) is 5.57 Å². The van der Waals surface area contributed by atoms with E-state index in [9.17, 15) is 0 Å². The van der Waals surface area contributed by atoms with Gasteiger partial charge in [-0.25, -0.2) is 0 Å². The van der Waals surface area contributed by atoms with Crippen molar-refractivity contribution in [1.29, 1.82) is 0 Å². The molecule has 1 nitrogen and oxygen atoms in total. The zero-order valence-corrected chi connectivity index (χ0v) is 6.26. The lowest BCUT2D eigenvalue weighted by Crippen LogP contribution is -1.81. The van der Waals surface area contributed by atoms with E-state index in [0.29, 0.717) is 0 Å². The van der Waals surface area contributed by atoms with Crippen molar-refractivity contribution in [3.8, 4) is 0 Å². The number of allylic oxidation sites excluding steroid dienone is 1. The summed E-state index contributed by atoms with van der Waals surface area (Å²) in [6.07, 6.45) is 3.70. The van der Waals surface area contributed by atoms with Crippen LogP contribution in [0.25, 0.3) is 0 Å². The van der Waals surface area contributed by atoms with E-state index in [0.717, 1.165) is 18.6 Å². The quantitative estimate of drug-likeness (QED) is 0.582. The van der Waals surface area contributed by atoms with Crippen LogP contribution < -0.4 is 0 Å². The van der Waals surface area contributed by atoms with Gasteiger partial charge in [0.25, 0.3) is 0 Å². The monoisotopic (exact) mass is 136 g/mol. The third kappa shape index (κ3) is 2.09. The minimum Gasteiger partial charge on any atom is -0.469 e. The fourth-order valence-electron chi connectivity index (χ4n) is 0.791. The molecule has 0 bridgehead atoms. The summed E-state index contributed by atoms with van der Waals surface area (Å²) in [6, 6.07) is 3.90. The summed E-state index contributed by atoms with van der Waals surface area (Å²) in [5.74, 6) is 1.04. The maximum atomic E-state index is 5.14. The Bertz CT molecular complexity index is 197. The molecule has 10 heavy (non-hydrogen) atoms. The third-order valence-corrected chi connectivity index (χ3v) is 1.38. The van der Waals surface area contributed by atoms with E-state index in [4.69, 9.17) is 4.42 Å². The van der Waals surface area contributed by atoms with Gasteiger partial charge in [0.1, 0.15) is 5.76 Å². The van der Waals surface area contributed by atoms with E-state index in [-0.39, 0.29) is 0 Å². The summed E-state index contributed by atoms with van der Waals surface area (Å²) in [5.41, 5.74) is 1.20. The van der Waals surface area contributed by atoms with Crippen molar-refractivity contribution >= 4 is 0 Å². The summed E-state index contributed by atoms with van der Waals surface area (Å²) >= 11 is 0. The minimum atomic E-state index is 0.975. The van der Waals surface area contributed by atoms with Crippen molar-refractivity contribution in [3.05, 3.63) is 36.3 Å². The Morgan fingerprint density at radius 1 is 1.70 bits per heavy atom. The van der Waals surface area contributed by atoms with Crippen molar-refractivity contribution in [3.63, 3.8) is 0 Å². The van der Waals surface area contributed by atoms with Crippen LogP contribution in [0.2, 0.25) is 0 Å². The van der Waals surface area contributed by atoms with Gasteiger partial charge >= 0.3 is 0 Å². The van der Waals surface area contributed by atoms with Gasteiger partial charge in [-0.1, -0.05) is 5.57 Å². The molecular formula is C9H12O. The lowest BCUT2D eigenvalue weighted by atomic mass is 10.2. The van der Waals surface area contributed by atoms with Gasteiger partial charge in [0, 0.05) is 6.42 Å². The van der Waals surface area contributed by atoms with Gasteiger partial charge in [0.2, 0.25) is 0 Å². The number of hydrogen-bond donors (Lipinski definition) is 0. The molecule has 0 unspecified atom stereocenters. The first-order chi connectivity index (χ1) is 4.79. The van der Waals surface area contributed by atoms with E-state index in [1.54, 1.807) is 6.26 Å². The summed E-state index contributed by atoms with van der Waals surface area (Å²) in [5, 5.41) is 0. The topological polar surface area (TPSA) is 13.1 Å². The summed E-state index contributed by atoms with van der Waals surface area (Å²) in [7, 11) is 0. The van der Waals surface area contributed by atoms with Gasteiger partial charge in [-0.05, 0) is 25.5 Å². The zero-order chi connectivity index (χ0) is 7.40. The molecule has 0 aliphatic carbocycles. The predicted octanol–water partition coefficient (Wildman–Crippen LogP) is 2.79. The summed E-state index contributed by atoms with van der Waals surface area (Å²) in [4.78, 5) is 0. The van der Waals surface area contributed by atoms with E-state index < -0.39 is 0 Å². The molecule has 1 heteroatoms. The first-order valence-corrected chi connectivity index (χ1v) is 3.46. The summed E-state index contributed by atoms with van der Waals surface area (Å²) in [6.45, 7) is 5.84. The van der Waals surface area contributed by atoms with Crippen LogP contribution >= 0.6 is 0 Å². The predicted molar refractivity (Wildman–Crippen MR) is 41.8 cm³/mol. The van der Waals surface area contributed by atoms with Crippen LogP contribution in [-0.2, 0) is 6.42 Å². The molecular weight excluding hydrogens is 124 g/mol. The molecule has 1 rings (SSSR count). The van der Waals surface area contributed by atoms with E-state index in [1.807, 2.05) is 19.1 Å². The van der Waals surface area contributed by atoms with Gasteiger partial charge in [0.15, 0.2) is 0 Å². The highest BCUT2D eigenvalue weighted by molar-refractivity contribution is 5.01. The molecule has 0 fully saturated rings. The third-order valence-electron chi connectivity index (χ3n) is 1.38. The SMILES string of the molecule is C=C(C)CCc1ccco1. The first kappa shape index (κ1) is 7.13. The number of furan rings is 1. The first-order valence-electron chi connectivity index (χ1n) is 3.46. The molecule has 0 aliphatic heterocycles. The van der Waals surface area contributed by atoms with Gasteiger partial charge in [-0.3, -0.25) is 0 Å². The normalized spacial score (nSPS) is 9.70. The van der Waals surface area contributed by atoms with Crippen LogP contribution in [0.3, 0.4) is 0 Å². The highest BCUT2D eigenvalue weighted by atomic mass is 16.3. The number of aryl methyl sites for hydroxylation is 1. The molecule has 1 aromatic rings. The van der Waals surface area contributed by atoms with Crippen molar-refractivity contribution in [2.75, 3.05) is 0 Å². The van der Waals surface area contributed by atoms with Crippen LogP contribution in [0.5, 0.6) is 0 Å². The standard InChI is InChI=1S/C9H12O/c1-8(2)5-6-9-4-3-7-10-9/h3-4,7H,1,5-6H2,2H3. The fourth-order valence-corrected chi connectivity index (χ4v) is 0.791. The van der Waals surface area contributed by atoms with E-state index >= 15 is 0 Å². The smallest absolute Gasteiger partial charge is 0.104 e. The van der Waals surface area contributed by atoms with Gasteiger partial charge in [-0.15, -0.1) is 6.58 Å². The molecule has 54 valence electrons. The summed E-state index contributed by atoms with van der Waals surface area (Å²) < 4.78 is 5.14. The van der Waals surface area contributed by atoms with Gasteiger partial charge in [0.05, 0.1) is 6.26 Å². The molecule has 0 saturated carbocycles. The Morgan fingerprint density at radius 3 is 3.00 bits per heavy atom.